The first-order chi connectivity index (χ1) is 32.2. The van der Waals surface area contributed by atoms with Gasteiger partial charge in [-0.05, 0) is 98.8 Å². The van der Waals surface area contributed by atoms with Crippen LogP contribution in [0.25, 0.3) is 0 Å². The highest BCUT2D eigenvalue weighted by Crippen LogP contribution is 2.45. The number of hydrogen-bond donors (Lipinski definition) is 2. The van der Waals surface area contributed by atoms with Crippen molar-refractivity contribution in [1.82, 2.24) is 0 Å². The summed E-state index contributed by atoms with van der Waals surface area (Å²) in [5, 5.41) is 10.1. The summed E-state index contributed by atoms with van der Waals surface area (Å²) in [7, 11) is 3.13. The van der Waals surface area contributed by atoms with Gasteiger partial charge in [-0.15, -0.1) is 0 Å². The Hall–Kier alpha value is -1.99. The van der Waals surface area contributed by atoms with Gasteiger partial charge >= 0.3 is 40.5 Å². The smallest absolute Gasteiger partial charge is 0.465 e. The Morgan fingerprint density at radius 3 is 1.30 bits per heavy atom. The lowest BCUT2D eigenvalue weighted by Gasteiger charge is -2.37. The molecule has 17 nitrogen and oxygen atoms in total. The summed E-state index contributed by atoms with van der Waals surface area (Å²) in [6.07, 6.45) is 12.9. The summed E-state index contributed by atoms with van der Waals surface area (Å²) < 4.78 is 62.5. The highest BCUT2D eigenvalue weighted by Gasteiger charge is 2.46. The van der Waals surface area contributed by atoms with Crippen molar-refractivity contribution in [2.45, 2.75) is 190 Å². The number of phosphoric acid groups is 1. The second-order valence-corrected chi connectivity index (χ2v) is 25.6. The number of rotatable bonds is 43. The third-order valence-corrected chi connectivity index (χ3v) is 17.6. The van der Waals surface area contributed by atoms with Crippen LogP contribution in [0.2, 0.25) is 6.04 Å². The summed E-state index contributed by atoms with van der Waals surface area (Å²) in [4.78, 5) is 65.7. The molecule has 0 bridgehead atoms. The van der Waals surface area contributed by atoms with Crippen LogP contribution in [0.4, 0.5) is 0 Å². The predicted molar refractivity (Wildman–Crippen MR) is 269 cm³/mol. The van der Waals surface area contributed by atoms with Crippen LogP contribution in [0.1, 0.15) is 177 Å². The van der Waals surface area contributed by atoms with Gasteiger partial charge < -0.3 is 46.7 Å². The van der Waals surface area contributed by atoms with E-state index in [0.717, 1.165) is 19.3 Å². The van der Waals surface area contributed by atoms with E-state index in [9.17, 15) is 33.7 Å². The van der Waals surface area contributed by atoms with Crippen LogP contribution in [0, 0.1) is 21.7 Å². The fourth-order valence-electron chi connectivity index (χ4n) is 7.57. The first-order valence-electron chi connectivity index (χ1n) is 25.7. The van der Waals surface area contributed by atoms with Crippen LogP contribution in [0.3, 0.4) is 0 Å². The fourth-order valence-corrected chi connectivity index (χ4v) is 9.95. The van der Waals surface area contributed by atoms with Crippen molar-refractivity contribution in [3.8, 4) is 0 Å². The van der Waals surface area contributed by atoms with Gasteiger partial charge in [0.1, 0.15) is 26.4 Å². The molecule has 19 heteroatoms. The van der Waals surface area contributed by atoms with Gasteiger partial charge in [0, 0.05) is 27.4 Å². The van der Waals surface area contributed by atoms with Crippen molar-refractivity contribution >= 4 is 40.5 Å². The number of carbonyl (C=O) groups is 4. The Balaban J connectivity index is 6.28. The second kappa shape index (κ2) is 33.7. The van der Waals surface area contributed by atoms with Crippen LogP contribution in [-0.4, -0.2) is 142 Å². The maximum absolute atomic E-state index is 14.3. The lowest BCUT2D eigenvalue weighted by molar-refractivity contribution is -0.870. The number of phosphoric ester groups is 1. The zero-order chi connectivity index (χ0) is 52.8. The van der Waals surface area contributed by atoms with Gasteiger partial charge in [0.05, 0.1) is 68.7 Å². The minimum Gasteiger partial charge on any atom is -0.465 e. The van der Waals surface area contributed by atoms with Gasteiger partial charge in [-0.3, -0.25) is 28.2 Å². The normalized spacial score (nSPS) is 17.0. The van der Waals surface area contributed by atoms with Crippen LogP contribution < -0.4 is 0 Å². The van der Waals surface area contributed by atoms with Gasteiger partial charge in [0.25, 0.3) is 0 Å². The van der Waals surface area contributed by atoms with Crippen LogP contribution in [0.5, 0.6) is 0 Å². The molecule has 0 saturated carbocycles. The summed E-state index contributed by atoms with van der Waals surface area (Å²) in [5.41, 5.74) is -4.36. The maximum atomic E-state index is 14.3. The first kappa shape index (κ1) is 67.0. The summed E-state index contributed by atoms with van der Waals surface area (Å²) in [5.74, 6) is -1.96. The van der Waals surface area contributed by atoms with Crippen molar-refractivity contribution in [3.63, 3.8) is 0 Å². The highest BCUT2D eigenvalue weighted by atomic mass is 31.2. The molecule has 0 aromatic heterocycles. The fraction of sp³-hybridized carbons (Fsp3) is 0.920. The van der Waals surface area contributed by atoms with Gasteiger partial charge in [0.2, 0.25) is 0 Å². The molecule has 0 spiro atoms. The molecular formula is C50H99NO16PSi+. The van der Waals surface area contributed by atoms with Crippen molar-refractivity contribution in [1.29, 1.82) is 0 Å². The summed E-state index contributed by atoms with van der Waals surface area (Å²) >= 11 is 0. The number of aliphatic hydroxyl groups is 1. The number of carbonyl (C=O) groups excluding carboxylic acids is 4. The van der Waals surface area contributed by atoms with E-state index < -0.39 is 68.3 Å². The second-order valence-electron chi connectivity index (χ2n) is 21.0. The van der Waals surface area contributed by atoms with Crippen LogP contribution in [-0.2, 0) is 65.0 Å². The number of aliphatic hydroxyl groups excluding tert-OH is 1. The number of ether oxygens (including phenoxy) is 4. The largest absolute Gasteiger partial charge is 0.500 e. The van der Waals surface area contributed by atoms with Gasteiger partial charge in [-0.25, -0.2) is 4.57 Å². The Bertz CT molecular complexity index is 1500. The number of quaternary nitrogens is 1. The van der Waals surface area contributed by atoms with Crippen molar-refractivity contribution in [2.24, 2.45) is 21.7 Å². The van der Waals surface area contributed by atoms with Crippen LogP contribution >= 0.6 is 7.82 Å². The Labute approximate surface area is 418 Å². The molecule has 0 rings (SSSR count). The molecule has 0 fully saturated rings. The van der Waals surface area contributed by atoms with E-state index in [4.69, 9.17) is 41.3 Å². The molecule has 0 aromatic carbocycles. The molecule has 6 unspecified atom stereocenters. The lowest BCUT2D eigenvalue weighted by Crippen LogP contribution is -2.43. The van der Waals surface area contributed by atoms with Crippen molar-refractivity contribution in [3.05, 3.63) is 0 Å². The molecular weight excluding hydrogens is 930 g/mol. The lowest BCUT2D eigenvalue weighted by atomic mass is 9.68. The van der Waals surface area contributed by atoms with Crippen LogP contribution in [0.15, 0.2) is 0 Å². The third-order valence-electron chi connectivity index (χ3n) is 13.8. The standard InChI is InChI=1S/C50H98NO16PSi/c1-15-18-19-20-21-22-23-24-25-26-35-62-45(55)49(7,30-28-48(6,17-3)44(54)64-38-39-67-68(57,58)66-37-34-51(9,10)11)32-33-50(8,46(56)65-41-42(4)52)31-29-47(5,16-2)43(53)63-36-27-40-69(59-12,60-13)61-14/h42,52H,15-41H2,1-14H3/p+1. The van der Waals surface area contributed by atoms with E-state index in [0.29, 0.717) is 42.8 Å². The molecule has 0 aromatic rings. The number of unbranched alkanes of at least 4 members (excludes halogenated alkanes) is 9. The third kappa shape index (κ3) is 27.0. The van der Waals surface area contributed by atoms with E-state index >= 15 is 0 Å². The molecule has 0 saturated heterocycles. The zero-order valence-corrected chi connectivity index (χ0v) is 47.6. The SMILES string of the molecule is CCCCCCCCCCCCOC(=O)C(C)(CCC(C)(CC)C(=O)OCCOP(=O)(O)OCC[N+](C)(C)C)CCC(C)(CCC(C)(CC)C(=O)OCCC[Si](OC)(OC)OC)C(=O)OCC(C)O. The number of likely N-dealkylation sites (N-methyl/N-ethyl adjacent to an activating group) is 1. The molecule has 0 heterocycles. The molecule has 69 heavy (non-hydrogen) atoms. The van der Waals surface area contributed by atoms with E-state index in [1.807, 2.05) is 41.9 Å². The predicted octanol–water partition coefficient (Wildman–Crippen LogP) is 9.75. The average molecular weight is 1030 g/mol. The quantitative estimate of drug-likeness (QED) is 0.0145. The van der Waals surface area contributed by atoms with E-state index in [-0.39, 0.29) is 78.2 Å². The van der Waals surface area contributed by atoms with E-state index in [2.05, 4.69) is 6.92 Å². The molecule has 6 atom stereocenters. The molecule has 0 aliphatic carbocycles. The molecule has 408 valence electrons. The molecule has 0 aliphatic heterocycles. The zero-order valence-electron chi connectivity index (χ0n) is 45.7. The number of esters is 4. The minimum atomic E-state index is -4.36. The van der Waals surface area contributed by atoms with Gasteiger partial charge in [-0.1, -0.05) is 78.6 Å². The van der Waals surface area contributed by atoms with Crippen molar-refractivity contribution < 1.29 is 79.5 Å². The van der Waals surface area contributed by atoms with Gasteiger partial charge in [-0.2, -0.15) is 0 Å². The van der Waals surface area contributed by atoms with Gasteiger partial charge in [0.15, 0.2) is 0 Å². The minimum absolute atomic E-state index is 0.00385. The van der Waals surface area contributed by atoms with E-state index in [1.165, 1.54) is 66.8 Å². The number of nitrogens with zero attached hydrogens (tertiary/aromatic N) is 1. The number of hydrogen-bond acceptors (Lipinski definition) is 15. The van der Waals surface area contributed by atoms with Crippen molar-refractivity contribution in [2.75, 3.05) is 88.7 Å². The summed E-state index contributed by atoms with van der Waals surface area (Å²) in [6.45, 7) is 14.6. The highest BCUT2D eigenvalue weighted by molar-refractivity contribution is 7.47. The Morgan fingerprint density at radius 2 is 0.899 bits per heavy atom. The topological polar surface area (TPSA) is 209 Å². The monoisotopic (exact) mass is 1030 g/mol. The molecule has 2 N–H and O–H groups in total. The maximum Gasteiger partial charge on any atom is 0.500 e. The first-order valence-corrected chi connectivity index (χ1v) is 29.1. The molecule has 0 radical (unpaired) electrons. The van der Waals surface area contributed by atoms with E-state index in [1.54, 1.807) is 20.8 Å². The Kier molecular flexibility index (Phi) is 32.7. The molecule has 0 aliphatic rings. The molecule has 0 amide bonds. The average Bonchev–Trinajstić information content (AvgIpc) is 3.31. The summed E-state index contributed by atoms with van der Waals surface area (Å²) in [6, 6.07) is 0.455. The Morgan fingerprint density at radius 1 is 0.536 bits per heavy atom.